The summed E-state index contributed by atoms with van der Waals surface area (Å²) in [4.78, 5) is 62.7. The van der Waals surface area contributed by atoms with E-state index < -0.39 is 71.5 Å². The number of aromatic nitrogens is 2. The van der Waals surface area contributed by atoms with Crippen molar-refractivity contribution in [3.05, 3.63) is 33.1 Å². The van der Waals surface area contributed by atoms with Crippen LogP contribution in [0, 0.1) is 17.8 Å². The van der Waals surface area contributed by atoms with E-state index >= 15 is 0 Å². The van der Waals surface area contributed by atoms with Crippen molar-refractivity contribution < 1.29 is 33.3 Å². The minimum absolute atomic E-state index is 0.294. The second-order valence-electron chi connectivity index (χ2n) is 8.48. The number of carbonyl (C=O) groups excluding carboxylic acids is 3. The lowest BCUT2D eigenvalue weighted by molar-refractivity contribution is -0.173. The van der Waals surface area contributed by atoms with Crippen LogP contribution in [0.5, 0.6) is 0 Å². The van der Waals surface area contributed by atoms with Crippen LogP contribution in [-0.4, -0.2) is 52.4 Å². The van der Waals surface area contributed by atoms with E-state index in [1.54, 1.807) is 41.5 Å². The first-order chi connectivity index (χ1) is 14.9. The second kappa shape index (κ2) is 10.6. The van der Waals surface area contributed by atoms with E-state index in [-0.39, 0.29) is 6.61 Å². The van der Waals surface area contributed by atoms with Crippen molar-refractivity contribution in [3.8, 4) is 0 Å². The summed E-state index contributed by atoms with van der Waals surface area (Å²) in [5, 5.41) is 0. The summed E-state index contributed by atoms with van der Waals surface area (Å²) in [7, 11) is 0. The maximum absolute atomic E-state index is 12.4. The van der Waals surface area contributed by atoms with Gasteiger partial charge in [-0.3, -0.25) is 28.7 Å². The van der Waals surface area contributed by atoms with Crippen LogP contribution in [0.25, 0.3) is 0 Å². The van der Waals surface area contributed by atoms with Gasteiger partial charge in [-0.05, 0) is 0 Å². The topological polar surface area (TPSA) is 143 Å². The van der Waals surface area contributed by atoms with Gasteiger partial charge in [0, 0.05) is 12.3 Å². The lowest BCUT2D eigenvalue weighted by atomic mass is 10.1. The minimum atomic E-state index is -1.23. The van der Waals surface area contributed by atoms with Crippen LogP contribution in [0.2, 0.25) is 0 Å². The van der Waals surface area contributed by atoms with E-state index in [0.29, 0.717) is 0 Å². The van der Waals surface area contributed by atoms with Crippen molar-refractivity contribution in [1.29, 1.82) is 0 Å². The highest BCUT2D eigenvalue weighted by Crippen LogP contribution is 2.34. The Morgan fingerprint density at radius 1 is 0.938 bits per heavy atom. The molecule has 0 unspecified atom stereocenters. The number of carbonyl (C=O) groups is 3. The molecule has 32 heavy (non-hydrogen) atoms. The summed E-state index contributed by atoms with van der Waals surface area (Å²) in [5.41, 5.74) is -1.42. The van der Waals surface area contributed by atoms with E-state index in [4.69, 9.17) is 18.9 Å². The number of H-pyrrole nitrogens is 1. The lowest BCUT2D eigenvalue weighted by Crippen LogP contribution is -2.44. The Labute approximate surface area is 185 Å². The van der Waals surface area contributed by atoms with Gasteiger partial charge in [-0.2, -0.15) is 0 Å². The van der Waals surface area contributed by atoms with Crippen molar-refractivity contribution in [2.75, 3.05) is 6.61 Å². The van der Waals surface area contributed by atoms with Crippen molar-refractivity contribution >= 4 is 17.9 Å². The Morgan fingerprint density at radius 3 is 1.97 bits per heavy atom. The zero-order valence-electron chi connectivity index (χ0n) is 19.0. The predicted molar refractivity (Wildman–Crippen MR) is 110 cm³/mol. The molecule has 0 spiro atoms. The fourth-order valence-corrected chi connectivity index (χ4v) is 2.83. The molecule has 1 saturated heterocycles. The number of esters is 3. The Hall–Kier alpha value is -2.95. The Balaban J connectivity index is 2.46. The average Bonchev–Trinajstić information content (AvgIpc) is 3.02. The van der Waals surface area contributed by atoms with Gasteiger partial charge in [0.15, 0.2) is 18.4 Å². The zero-order valence-corrected chi connectivity index (χ0v) is 19.0. The number of nitrogens with zero attached hydrogens (tertiary/aromatic N) is 1. The normalized spacial score (nSPS) is 22.9. The Bertz CT molecular complexity index is 947. The summed E-state index contributed by atoms with van der Waals surface area (Å²) in [6, 6.07) is 1.10. The quantitative estimate of drug-likeness (QED) is 0.445. The third-order valence-corrected chi connectivity index (χ3v) is 4.72. The first-order valence-corrected chi connectivity index (χ1v) is 10.5. The number of nitrogens with one attached hydrogen (secondary N) is 1. The highest BCUT2D eigenvalue weighted by Gasteiger charge is 2.51. The molecule has 0 radical (unpaired) electrons. The van der Waals surface area contributed by atoms with Crippen LogP contribution in [0.15, 0.2) is 21.9 Å². The number of hydrogen-bond donors (Lipinski definition) is 1. The number of rotatable bonds is 8. The minimum Gasteiger partial charge on any atom is -0.463 e. The van der Waals surface area contributed by atoms with Crippen molar-refractivity contribution in [2.45, 2.75) is 66.1 Å². The number of ether oxygens (including phenoxy) is 4. The second-order valence-corrected chi connectivity index (χ2v) is 8.48. The summed E-state index contributed by atoms with van der Waals surface area (Å²) in [6.07, 6.45) is -3.44. The van der Waals surface area contributed by atoms with Gasteiger partial charge in [0.05, 0.1) is 17.8 Å². The molecule has 1 aromatic heterocycles. The molecule has 0 saturated carbocycles. The van der Waals surface area contributed by atoms with E-state index in [9.17, 15) is 24.0 Å². The molecule has 2 rings (SSSR count). The molecule has 11 nitrogen and oxygen atoms in total. The van der Waals surface area contributed by atoms with E-state index in [1.165, 1.54) is 6.20 Å². The largest absolute Gasteiger partial charge is 0.463 e. The predicted octanol–water partition coefficient (Wildman–Crippen LogP) is 0.769. The van der Waals surface area contributed by atoms with Gasteiger partial charge >= 0.3 is 23.6 Å². The van der Waals surface area contributed by atoms with E-state index in [1.807, 2.05) is 0 Å². The standard InChI is InChI=1S/C21H30N2O9/c1-10(2)18(25)29-9-13-15(31-19(26)11(3)4)16(32-20(27)12(5)6)17(30-13)23-8-7-14(24)22-21(23)28/h7-8,10-13,15-17H,9H2,1-6H3,(H,22,24,28)/t13-,15-,16-,17-/m1/s1. The monoisotopic (exact) mass is 454 g/mol. The number of hydrogen-bond acceptors (Lipinski definition) is 9. The number of aromatic amines is 1. The summed E-state index contributed by atoms with van der Waals surface area (Å²) in [6.45, 7) is 9.52. The first-order valence-electron chi connectivity index (χ1n) is 10.5. The molecule has 1 aromatic rings. The smallest absolute Gasteiger partial charge is 0.330 e. The molecule has 0 aliphatic carbocycles. The van der Waals surface area contributed by atoms with Gasteiger partial charge in [-0.25, -0.2) is 4.79 Å². The molecule has 2 heterocycles. The maximum atomic E-state index is 12.4. The van der Waals surface area contributed by atoms with Crippen molar-refractivity contribution in [3.63, 3.8) is 0 Å². The fourth-order valence-electron chi connectivity index (χ4n) is 2.83. The molecule has 0 bridgehead atoms. The molecule has 1 fully saturated rings. The summed E-state index contributed by atoms with van der Waals surface area (Å²) >= 11 is 0. The van der Waals surface area contributed by atoms with Gasteiger partial charge < -0.3 is 18.9 Å². The molecular formula is C21H30N2O9. The van der Waals surface area contributed by atoms with Gasteiger partial charge in [0.1, 0.15) is 12.7 Å². The van der Waals surface area contributed by atoms with Crippen LogP contribution >= 0.6 is 0 Å². The highest BCUT2D eigenvalue weighted by atomic mass is 16.7. The Kier molecular flexibility index (Phi) is 8.37. The van der Waals surface area contributed by atoms with Gasteiger partial charge in [0.2, 0.25) is 0 Å². The molecular weight excluding hydrogens is 424 g/mol. The van der Waals surface area contributed by atoms with Crippen LogP contribution in [0.1, 0.15) is 47.8 Å². The molecule has 1 aliphatic heterocycles. The zero-order chi connectivity index (χ0) is 24.2. The van der Waals surface area contributed by atoms with Gasteiger partial charge in [0.25, 0.3) is 5.56 Å². The summed E-state index contributed by atoms with van der Waals surface area (Å²) in [5.74, 6) is -3.10. The SMILES string of the molecule is CC(C)C(=O)OC[C@H]1O[C@@H](n2ccc(=O)[nH]c2=O)[C@H](OC(=O)C(C)C)[C@@H]1OC(=O)C(C)C. The third-order valence-electron chi connectivity index (χ3n) is 4.72. The first kappa shape index (κ1) is 25.3. The van der Waals surface area contributed by atoms with Crippen LogP contribution < -0.4 is 11.2 Å². The Morgan fingerprint density at radius 2 is 1.47 bits per heavy atom. The summed E-state index contributed by atoms with van der Waals surface area (Å²) < 4.78 is 23.3. The molecule has 11 heteroatoms. The molecule has 0 aromatic carbocycles. The lowest BCUT2D eigenvalue weighted by Gasteiger charge is -2.26. The molecule has 178 valence electrons. The maximum Gasteiger partial charge on any atom is 0.330 e. The third kappa shape index (κ3) is 6.06. The molecule has 0 amide bonds. The van der Waals surface area contributed by atoms with Crippen LogP contribution in [0.4, 0.5) is 0 Å². The van der Waals surface area contributed by atoms with E-state index in [2.05, 4.69) is 4.98 Å². The highest BCUT2D eigenvalue weighted by molar-refractivity contribution is 5.73. The fraction of sp³-hybridized carbons (Fsp3) is 0.667. The van der Waals surface area contributed by atoms with Crippen molar-refractivity contribution in [1.82, 2.24) is 9.55 Å². The van der Waals surface area contributed by atoms with Gasteiger partial charge in [-0.15, -0.1) is 0 Å². The van der Waals surface area contributed by atoms with E-state index in [0.717, 1.165) is 10.6 Å². The molecule has 1 N–H and O–H groups in total. The van der Waals surface area contributed by atoms with Crippen LogP contribution in [-0.2, 0) is 33.3 Å². The van der Waals surface area contributed by atoms with Crippen LogP contribution in [0.3, 0.4) is 0 Å². The van der Waals surface area contributed by atoms with Gasteiger partial charge in [-0.1, -0.05) is 41.5 Å². The average molecular weight is 454 g/mol. The molecule has 4 atom stereocenters. The molecule has 1 aliphatic rings. The van der Waals surface area contributed by atoms with Crippen molar-refractivity contribution in [2.24, 2.45) is 17.8 Å².